The van der Waals surface area contributed by atoms with Crippen LogP contribution >= 0.6 is 0 Å². The number of carbonyl (C=O) groups excluding carboxylic acids is 1. The van der Waals surface area contributed by atoms with E-state index in [2.05, 4.69) is 9.72 Å². The zero-order valence-electron chi connectivity index (χ0n) is 9.87. The Hall–Kier alpha value is -1.79. The van der Waals surface area contributed by atoms with Crippen molar-refractivity contribution in [2.45, 2.75) is 19.8 Å². The maximum Gasteiger partial charge on any atom is 0.310 e. The molecule has 0 aliphatic heterocycles. The van der Waals surface area contributed by atoms with Crippen LogP contribution < -0.4 is 4.74 Å². The van der Waals surface area contributed by atoms with E-state index in [4.69, 9.17) is 4.74 Å². The fourth-order valence-electron chi connectivity index (χ4n) is 1.43. The lowest BCUT2D eigenvalue weighted by Gasteiger charge is -2.12. The number of pyridine rings is 1. The van der Waals surface area contributed by atoms with Crippen LogP contribution in [-0.2, 0) is 16.0 Å². The number of hydrogen-bond donors (Lipinski definition) is 0. The number of esters is 1. The zero-order valence-corrected chi connectivity index (χ0v) is 9.87. The highest BCUT2D eigenvalue weighted by Crippen LogP contribution is 2.31. The minimum atomic E-state index is -2.92. The first-order chi connectivity index (χ1) is 8.51. The third kappa shape index (κ3) is 3.12. The predicted octanol–water partition coefficient (Wildman–Crippen LogP) is 2.27. The number of halogens is 3. The summed E-state index contributed by atoms with van der Waals surface area (Å²) >= 11 is 0. The Kier molecular flexibility index (Phi) is 4.94. The van der Waals surface area contributed by atoms with Gasteiger partial charge in [-0.25, -0.2) is 18.2 Å². The van der Waals surface area contributed by atoms with Gasteiger partial charge in [0.2, 0.25) is 0 Å². The van der Waals surface area contributed by atoms with Crippen molar-refractivity contribution in [1.82, 2.24) is 4.98 Å². The Morgan fingerprint density at radius 1 is 1.50 bits per heavy atom. The molecule has 0 bridgehead atoms. The van der Waals surface area contributed by atoms with Crippen LogP contribution in [-0.4, -0.2) is 24.7 Å². The minimum absolute atomic E-state index is 0.121. The summed E-state index contributed by atoms with van der Waals surface area (Å²) in [4.78, 5) is 14.5. The summed E-state index contributed by atoms with van der Waals surface area (Å²) in [5, 5.41) is 0. The van der Waals surface area contributed by atoms with Crippen LogP contribution in [0.15, 0.2) is 6.20 Å². The highest BCUT2D eigenvalue weighted by molar-refractivity contribution is 5.73. The number of nitrogens with zero attached hydrogens (tertiary/aromatic N) is 1. The Labute approximate surface area is 102 Å². The molecule has 0 amide bonds. The van der Waals surface area contributed by atoms with Crippen molar-refractivity contribution >= 4 is 5.97 Å². The van der Waals surface area contributed by atoms with Crippen molar-refractivity contribution in [2.75, 3.05) is 13.7 Å². The van der Waals surface area contributed by atoms with Crippen LogP contribution in [0.25, 0.3) is 0 Å². The van der Waals surface area contributed by atoms with Gasteiger partial charge in [-0.05, 0) is 6.92 Å². The molecule has 1 rings (SSSR count). The van der Waals surface area contributed by atoms with E-state index in [1.165, 1.54) is 0 Å². The maximum atomic E-state index is 13.5. The molecule has 0 unspecified atom stereocenters. The molecule has 1 aromatic rings. The van der Waals surface area contributed by atoms with Crippen molar-refractivity contribution in [1.29, 1.82) is 0 Å². The summed E-state index contributed by atoms with van der Waals surface area (Å²) < 4.78 is 48.1. The first-order valence-corrected chi connectivity index (χ1v) is 5.16. The summed E-state index contributed by atoms with van der Waals surface area (Å²) in [6, 6.07) is 0. The summed E-state index contributed by atoms with van der Waals surface area (Å²) in [6.45, 7) is 1.71. The molecule has 4 nitrogen and oxygen atoms in total. The predicted molar refractivity (Wildman–Crippen MR) is 56.0 cm³/mol. The molecule has 0 N–H and O–H groups in total. The molecule has 0 aliphatic carbocycles. The fourth-order valence-corrected chi connectivity index (χ4v) is 1.43. The van der Waals surface area contributed by atoms with Crippen molar-refractivity contribution in [2.24, 2.45) is 0 Å². The van der Waals surface area contributed by atoms with Crippen molar-refractivity contribution in [3.8, 4) is 5.75 Å². The summed E-state index contributed by atoms with van der Waals surface area (Å²) in [5.74, 6) is -2.02. The molecule has 1 heterocycles. The van der Waals surface area contributed by atoms with Crippen molar-refractivity contribution in [3.05, 3.63) is 23.3 Å². The van der Waals surface area contributed by atoms with Gasteiger partial charge < -0.3 is 9.47 Å². The number of alkyl halides is 2. The van der Waals surface area contributed by atoms with E-state index in [0.29, 0.717) is 6.20 Å². The molecule has 0 saturated carbocycles. The maximum absolute atomic E-state index is 13.5. The quantitative estimate of drug-likeness (QED) is 0.765. The van der Waals surface area contributed by atoms with Gasteiger partial charge in [-0.3, -0.25) is 4.79 Å². The Morgan fingerprint density at radius 3 is 2.67 bits per heavy atom. The third-order valence-electron chi connectivity index (χ3n) is 2.15. The average Bonchev–Trinajstić information content (AvgIpc) is 2.31. The van der Waals surface area contributed by atoms with E-state index < -0.39 is 36.1 Å². The molecule has 18 heavy (non-hydrogen) atoms. The largest absolute Gasteiger partial charge is 0.494 e. The Morgan fingerprint density at radius 2 is 2.17 bits per heavy atom. The summed E-state index contributed by atoms with van der Waals surface area (Å²) in [5.41, 5.74) is -0.973. The van der Waals surface area contributed by atoms with Crippen molar-refractivity contribution < 1.29 is 27.4 Å². The van der Waals surface area contributed by atoms with Crippen molar-refractivity contribution in [3.63, 3.8) is 0 Å². The molecule has 0 aromatic carbocycles. The van der Waals surface area contributed by atoms with Crippen LogP contribution in [0, 0.1) is 5.82 Å². The van der Waals surface area contributed by atoms with E-state index >= 15 is 0 Å². The van der Waals surface area contributed by atoms with E-state index in [0.717, 1.165) is 7.11 Å². The number of aromatic nitrogens is 1. The van der Waals surface area contributed by atoms with Gasteiger partial charge in [0.25, 0.3) is 6.43 Å². The molecule has 0 spiro atoms. The van der Waals surface area contributed by atoms with Gasteiger partial charge >= 0.3 is 5.97 Å². The molecule has 1 aromatic heterocycles. The van der Waals surface area contributed by atoms with Crippen LogP contribution in [0.4, 0.5) is 13.2 Å². The lowest BCUT2D eigenvalue weighted by atomic mass is 10.1. The number of hydrogen-bond acceptors (Lipinski definition) is 4. The molecule has 0 atom stereocenters. The Balaban J connectivity index is 3.15. The average molecular weight is 263 g/mol. The van der Waals surface area contributed by atoms with Crippen LogP contribution in [0.1, 0.15) is 24.6 Å². The SMILES string of the molecule is CCOC(=O)Cc1c(F)cnc(C(F)F)c1OC. The summed E-state index contributed by atoms with van der Waals surface area (Å²) in [7, 11) is 1.11. The monoisotopic (exact) mass is 263 g/mol. The highest BCUT2D eigenvalue weighted by Gasteiger charge is 2.23. The molecule has 100 valence electrons. The van der Waals surface area contributed by atoms with Crippen LogP contribution in [0.3, 0.4) is 0 Å². The third-order valence-corrected chi connectivity index (χ3v) is 2.15. The topological polar surface area (TPSA) is 48.4 Å². The molecule has 0 radical (unpaired) electrons. The molecule has 0 aliphatic rings. The fraction of sp³-hybridized carbons (Fsp3) is 0.455. The van der Waals surface area contributed by atoms with Gasteiger partial charge in [0.05, 0.1) is 26.3 Å². The molecule has 0 saturated heterocycles. The standard InChI is InChI=1S/C11H12F3NO3/c1-3-18-8(16)4-6-7(12)5-15-9(11(13)14)10(6)17-2/h5,11H,3-4H2,1-2H3. The van der Waals surface area contributed by atoms with Crippen LogP contribution in [0.2, 0.25) is 0 Å². The van der Waals surface area contributed by atoms with Gasteiger partial charge in [-0.15, -0.1) is 0 Å². The highest BCUT2D eigenvalue weighted by atomic mass is 19.3. The normalized spacial score (nSPS) is 10.6. The summed E-state index contributed by atoms with van der Waals surface area (Å²) in [6.07, 6.45) is -2.76. The van der Waals surface area contributed by atoms with Gasteiger partial charge in [0.15, 0.2) is 5.75 Å². The second-order valence-corrected chi connectivity index (χ2v) is 3.29. The van der Waals surface area contributed by atoms with Gasteiger partial charge in [0, 0.05) is 5.56 Å². The number of ether oxygens (including phenoxy) is 2. The lowest BCUT2D eigenvalue weighted by Crippen LogP contribution is -2.12. The molecule has 0 fully saturated rings. The first kappa shape index (κ1) is 14.3. The second kappa shape index (κ2) is 6.23. The lowest BCUT2D eigenvalue weighted by molar-refractivity contribution is -0.142. The zero-order chi connectivity index (χ0) is 13.7. The van der Waals surface area contributed by atoms with Gasteiger partial charge in [0.1, 0.15) is 11.5 Å². The molecular formula is C11H12F3NO3. The van der Waals surface area contributed by atoms with E-state index in [1.807, 2.05) is 0 Å². The van der Waals surface area contributed by atoms with E-state index in [9.17, 15) is 18.0 Å². The van der Waals surface area contributed by atoms with E-state index in [1.54, 1.807) is 6.92 Å². The number of rotatable bonds is 5. The smallest absolute Gasteiger partial charge is 0.310 e. The van der Waals surface area contributed by atoms with Crippen LogP contribution in [0.5, 0.6) is 5.75 Å². The Bertz CT molecular complexity index is 438. The number of carbonyl (C=O) groups is 1. The van der Waals surface area contributed by atoms with E-state index in [-0.39, 0.29) is 12.2 Å². The molecular weight excluding hydrogens is 251 g/mol. The second-order valence-electron chi connectivity index (χ2n) is 3.29. The minimum Gasteiger partial charge on any atom is -0.494 e. The number of methoxy groups -OCH3 is 1. The molecule has 7 heteroatoms. The van der Waals surface area contributed by atoms with Gasteiger partial charge in [-0.1, -0.05) is 0 Å². The van der Waals surface area contributed by atoms with Gasteiger partial charge in [-0.2, -0.15) is 0 Å². The first-order valence-electron chi connectivity index (χ1n) is 5.16.